The largest absolute Gasteiger partial charge is 0.492 e. The monoisotopic (exact) mass is 296 g/mol. The van der Waals surface area contributed by atoms with Crippen molar-refractivity contribution in [2.24, 2.45) is 0 Å². The number of hydrogen-bond acceptors (Lipinski definition) is 4. The van der Waals surface area contributed by atoms with E-state index < -0.39 is 19.9 Å². The first-order chi connectivity index (χ1) is 9.01. The van der Waals surface area contributed by atoms with E-state index >= 15 is 0 Å². The Balaban J connectivity index is 2.94. The molecule has 0 aromatic rings. The van der Waals surface area contributed by atoms with Crippen molar-refractivity contribution in [1.29, 1.82) is 0 Å². The Labute approximate surface area is 122 Å². The lowest BCUT2D eigenvalue weighted by atomic mass is 9.96. The maximum absolute atomic E-state index is 11.7. The zero-order valence-electron chi connectivity index (χ0n) is 13.4. The zero-order valence-corrected chi connectivity index (χ0v) is 14.4. The summed E-state index contributed by atoms with van der Waals surface area (Å²) in [6.45, 7) is 12.9. The van der Waals surface area contributed by atoms with Crippen molar-refractivity contribution >= 4 is 19.9 Å². The Morgan fingerprint density at radius 2 is 1.75 bits per heavy atom. The van der Waals surface area contributed by atoms with Crippen molar-refractivity contribution in [2.75, 3.05) is 13.7 Å². The smallest absolute Gasteiger partial charge is 0.267 e. The molecular formula is C15H24O4Si. The third kappa shape index (κ3) is 3.27. The molecule has 1 rings (SSSR count). The minimum Gasteiger partial charge on any atom is -0.492 e. The lowest BCUT2D eigenvalue weighted by molar-refractivity contribution is -0.133. The van der Waals surface area contributed by atoms with Crippen LogP contribution in [-0.2, 0) is 18.8 Å². The molecule has 20 heavy (non-hydrogen) atoms. The van der Waals surface area contributed by atoms with E-state index in [1.54, 1.807) is 6.92 Å². The van der Waals surface area contributed by atoms with Gasteiger partial charge in [0, 0.05) is 5.57 Å². The molecule has 0 unspecified atom stereocenters. The molecule has 4 nitrogen and oxygen atoms in total. The van der Waals surface area contributed by atoms with Gasteiger partial charge in [-0.1, -0.05) is 20.8 Å². The van der Waals surface area contributed by atoms with Crippen LogP contribution in [-0.4, -0.2) is 33.6 Å². The van der Waals surface area contributed by atoms with E-state index in [4.69, 9.17) is 9.16 Å². The number of methoxy groups -OCH3 is 1. The molecule has 0 radical (unpaired) electrons. The molecule has 112 valence electrons. The van der Waals surface area contributed by atoms with Gasteiger partial charge in [-0.25, -0.2) is 0 Å². The first-order valence-electron chi connectivity index (χ1n) is 6.69. The summed E-state index contributed by atoms with van der Waals surface area (Å²) >= 11 is 0. The molecule has 1 aliphatic rings. The summed E-state index contributed by atoms with van der Waals surface area (Å²) < 4.78 is 11.1. The van der Waals surface area contributed by atoms with Gasteiger partial charge in [0.15, 0.2) is 14.1 Å². The van der Waals surface area contributed by atoms with E-state index in [-0.39, 0.29) is 10.8 Å². The molecule has 1 aliphatic carbocycles. The number of Topliss-reactive ketones (excluding diaryl/α,β-unsaturated/α-hetero) is 1. The van der Waals surface area contributed by atoms with E-state index in [1.165, 1.54) is 13.2 Å². The zero-order chi connectivity index (χ0) is 15.7. The minimum atomic E-state index is -1.89. The van der Waals surface area contributed by atoms with Gasteiger partial charge in [-0.05, 0) is 36.7 Å². The van der Waals surface area contributed by atoms with Gasteiger partial charge >= 0.3 is 0 Å². The highest BCUT2D eigenvalue weighted by Crippen LogP contribution is 2.37. The van der Waals surface area contributed by atoms with Gasteiger partial charge in [0.2, 0.25) is 5.78 Å². The second kappa shape index (κ2) is 5.66. The van der Waals surface area contributed by atoms with Crippen LogP contribution in [0.15, 0.2) is 23.0 Å². The Hall–Kier alpha value is -1.20. The van der Waals surface area contributed by atoms with Gasteiger partial charge in [0.1, 0.15) is 0 Å². The van der Waals surface area contributed by atoms with Crippen LogP contribution >= 0.6 is 0 Å². The molecule has 0 spiro atoms. The van der Waals surface area contributed by atoms with E-state index in [2.05, 4.69) is 33.9 Å². The lowest BCUT2D eigenvalue weighted by Crippen LogP contribution is -2.41. The first-order valence-corrected chi connectivity index (χ1v) is 9.60. The molecule has 0 saturated carbocycles. The molecule has 0 fully saturated rings. The lowest BCUT2D eigenvalue weighted by Gasteiger charge is -2.36. The minimum absolute atomic E-state index is 0.101. The highest BCUT2D eigenvalue weighted by atomic mass is 28.4. The van der Waals surface area contributed by atoms with Crippen LogP contribution in [0, 0.1) is 0 Å². The Morgan fingerprint density at radius 1 is 1.20 bits per heavy atom. The molecule has 0 aliphatic heterocycles. The number of carbonyl (C=O) groups is 2. The third-order valence-electron chi connectivity index (χ3n) is 4.16. The topological polar surface area (TPSA) is 52.6 Å². The van der Waals surface area contributed by atoms with Crippen LogP contribution in [0.3, 0.4) is 0 Å². The predicted molar refractivity (Wildman–Crippen MR) is 81.0 cm³/mol. The Bertz CT molecular complexity index is 492. The number of hydrogen-bond donors (Lipinski definition) is 0. The van der Waals surface area contributed by atoms with Crippen LogP contribution in [0.5, 0.6) is 0 Å². The summed E-state index contributed by atoms with van der Waals surface area (Å²) in [6, 6.07) is 0. The predicted octanol–water partition coefficient (Wildman–Crippen LogP) is 3.01. The summed E-state index contributed by atoms with van der Waals surface area (Å²) in [6.07, 6.45) is 1.37. The van der Waals surface area contributed by atoms with Crippen LogP contribution in [0.2, 0.25) is 18.1 Å². The van der Waals surface area contributed by atoms with Gasteiger partial charge in [0.25, 0.3) is 5.78 Å². The summed E-state index contributed by atoms with van der Waals surface area (Å²) in [5.74, 6) is -0.992. The highest BCUT2D eigenvalue weighted by molar-refractivity contribution is 6.74. The van der Waals surface area contributed by atoms with Gasteiger partial charge in [-0.15, -0.1) is 0 Å². The van der Waals surface area contributed by atoms with Crippen LogP contribution in [0.4, 0.5) is 0 Å². The fraction of sp³-hybridized carbons (Fsp3) is 0.600. The Morgan fingerprint density at radius 3 is 2.20 bits per heavy atom. The SMILES string of the molecule is COC1=C(C)C(CO[Si](C)(C)C(C)(C)C)=CC(=O)C1=O. The Kier molecular flexibility index (Phi) is 4.76. The second-order valence-electron chi connectivity index (χ2n) is 6.57. The number of rotatable bonds is 4. The number of carbonyl (C=O) groups excluding carboxylic acids is 2. The van der Waals surface area contributed by atoms with Crippen molar-refractivity contribution in [3.63, 3.8) is 0 Å². The molecular weight excluding hydrogens is 272 g/mol. The molecule has 5 heteroatoms. The van der Waals surface area contributed by atoms with Gasteiger partial charge in [-0.3, -0.25) is 9.59 Å². The molecule has 0 saturated heterocycles. The van der Waals surface area contributed by atoms with E-state index in [0.29, 0.717) is 12.2 Å². The average molecular weight is 296 g/mol. The standard InChI is InChI=1S/C15H24O4Si/c1-10-11(8-12(16)13(17)14(10)18-5)9-19-20(6,7)15(2,3)4/h8H,9H2,1-7H3. The third-order valence-corrected chi connectivity index (χ3v) is 8.63. The second-order valence-corrected chi connectivity index (χ2v) is 11.4. The molecule has 0 amide bonds. The molecule has 0 atom stereocenters. The maximum atomic E-state index is 11.7. The average Bonchev–Trinajstić information content (AvgIpc) is 2.31. The van der Waals surface area contributed by atoms with Crippen LogP contribution in [0.1, 0.15) is 27.7 Å². The van der Waals surface area contributed by atoms with Crippen molar-refractivity contribution in [3.05, 3.63) is 23.0 Å². The molecule has 0 N–H and O–H groups in total. The summed E-state index contributed by atoms with van der Waals surface area (Å²) in [5, 5.41) is 0.101. The van der Waals surface area contributed by atoms with Crippen molar-refractivity contribution in [3.8, 4) is 0 Å². The quantitative estimate of drug-likeness (QED) is 0.454. The summed E-state index contributed by atoms with van der Waals surface area (Å²) in [7, 11) is -0.486. The normalized spacial score (nSPS) is 17.4. The van der Waals surface area contributed by atoms with Gasteiger partial charge < -0.3 is 9.16 Å². The molecule has 0 aromatic heterocycles. The van der Waals surface area contributed by atoms with Gasteiger partial charge in [0.05, 0.1) is 13.7 Å². The van der Waals surface area contributed by atoms with Crippen molar-refractivity contribution in [2.45, 2.75) is 45.8 Å². The fourth-order valence-electron chi connectivity index (χ4n) is 1.63. The van der Waals surface area contributed by atoms with E-state index in [9.17, 15) is 9.59 Å². The van der Waals surface area contributed by atoms with Gasteiger partial charge in [-0.2, -0.15) is 0 Å². The highest BCUT2D eigenvalue weighted by Gasteiger charge is 2.38. The molecule has 0 heterocycles. The maximum Gasteiger partial charge on any atom is 0.267 e. The van der Waals surface area contributed by atoms with Crippen molar-refractivity contribution in [1.82, 2.24) is 0 Å². The summed E-state index contributed by atoms with van der Waals surface area (Å²) in [5.41, 5.74) is 1.42. The number of allylic oxidation sites excluding steroid dienone is 2. The fourth-order valence-corrected chi connectivity index (χ4v) is 2.58. The molecule has 0 aromatic carbocycles. The number of ketones is 2. The van der Waals surface area contributed by atoms with E-state index in [1.807, 2.05) is 0 Å². The molecule has 0 bridgehead atoms. The van der Waals surface area contributed by atoms with Crippen LogP contribution < -0.4 is 0 Å². The van der Waals surface area contributed by atoms with Crippen LogP contribution in [0.25, 0.3) is 0 Å². The van der Waals surface area contributed by atoms with E-state index in [0.717, 1.165) is 5.57 Å². The summed E-state index contributed by atoms with van der Waals surface area (Å²) in [4.78, 5) is 23.3. The van der Waals surface area contributed by atoms with Crippen molar-refractivity contribution < 1.29 is 18.8 Å². The first kappa shape index (κ1) is 16.9. The number of ether oxygens (including phenoxy) is 1.